The molecule has 4 rings (SSSR count). The van der Waals surface area contributed by atoms with Gasteiger partial charge in [0.2, 0.25) is 5.91 Å². The molecule has 25 heavy (non-hydrogen) atoms. The molecule has 3 heterocycles. The molecule has 1 aliphatic heterocycles. The van der Waals surface area contributed by atoms with Gasteiger partial charge in [-0.25, -0.2) is 9.37 Å². The Morgan fingerprint density at radius 3 is 3.16 bits per heavy atom. The number of benzene rings is 1. The maximum absolute atomic E-state index is 13.5. The fourth-order valence-corrected chi connectivity index (χ4v) is 3.30. The number of hydrogen-bond acceptors (Lipinski definition) is 5. The van der Waals surface area contributed by atoms with Gasteiger partial charge in [0.15, 0.2) is 5.58 Å². The molecule has 0 aliphatic carbocycles. The van der Waals surface area contributed by atoms with Crippen molar-refractivity contribution in [1.82, 2.24) is 20.0 Å². The summed E-state index contributed by atoms with van der Waals surface area (Å²) < 4.78 is 24.1. The molecule has 1 N–H and O–H groups in total. The van der Waals surface area contributed by atoms with Crippen molar-refractivity contribution in [1.29, 1.82) is 0 Å². The molecule has 1 saturated heterocycles. The molecule has 8 heteroatoms. The first-order chi connectivity index (χ1) is 12.2. The van der Waals surface area contributed by atoms with Crippen LogP contribution < -0.4 is 0 Å². The third-order valence-corrected chi connectivity index (χ3v) is 4.58. The SMILES string of the molecule is CO[C@@H]1CC(c2ncc[nH]2)N(C(=O)Cc2noc3ccc(F)cc23)C1. The van der Waals surface area contributed by atoms with Gasteiger partial charge in [0, 0.05) is 37.9 Å². The van der Waals surface area contributed by atoms with Gasteiger partial charge in [-0.3, -0.25) is 4.79 Å². The van der Waals surface area contributed by atoms with Crippen LogP contribution in [0, 0.1) is 5.82 Å². The lowest BCUT2D eigenvalue weighted by Gasteiger charge is -2.22. The highest BCUT2D eigenvalue weighted by Crippen LogP contribution is 2.32. The number of halogens is 1. The quantitative estimate of drug-likeness (QED) is 0.784. The topological polar surface area (TPSA) is 84.2 Å². The van der Waals surface area contributed by atoms with Crippen LogP contribution in [0.15, 0.2) is 35.1 Å². The molecule has 1 fully saturated rings. The van der Waals surface area contributed by atoms with E-state index in [0.29, 0.717) is 29.6 Å². The summed E-state index contributed by atoms with van der Waals surface area (Å²) in [5, 5.41) is 4.45. The maximum atomic E-state index is 13.5. The lowest BCUT2D eigenvalue weighted by Crippen LogP contribution is -2.33. The van der Waals surface area contributed by atoms with E-state index in [-0.39, 0.29) is 24.5 Å². The summed E-state index contributed by atoms with van der Waals surface area (Å²) in [6.45, 7) is 0.477. The van der Waals surface area contributed by atoms with Gasteiger partial charge in [-0.05, 0) is 18.2 Å². The number of amides is 1. The molecular formula is C17H17FN4O3. The van der Waals surface area contributed by atoms with Gasteiger partial charge >= 0.3 is 0 Å². The van der Waals surface area contributed by atoms with Crippen LogP contribution in [0.3, 0.4) is 0 Å². The summed E-state index contributed by atoms with van der Waals surface area (Å²) >= 11 is 0. The number of ether oxygens (including phenoxy) is 1. The van der Waals surface area contributed by atoms with Crippen LogP contribution in [0.1, 0.15) is 24.0 Å². The summed E-state index contributed by atoms with van der Waals surface area (Å²) in [4.78, 5) is 21.9. The van der Waals surface area contributed by atoms with Crippen molar-refractivity contribution in [2.24, 2.45) is 0 Å². The minimum Gasteiger partial charge on any atom is -0.380 e. The zero-order valence-electron chi connectivity index (χ0n) is 13.6. The van der Waals surface area contributed by atoms with Crippen LogP contribution in [0.5, 0.6) is 0 Å². The molecule has 2 atom stereocenters. The Morgan fingerprint density at radius 1 is 1.52 bits per heavy atom. The number of aromatic amines is 1. The summed E-state index contributed by atoms with van der Waals surface area (Å²) in [5.74, 6) is 0.211. The summed E-state index contributed by atoms with van der Waals surface area (Å²) in [6, 6.07) is 3.96. The highest BCUT2D eigenvalue weighted by Gasteiger charge is 2.38. The number of likely N-dealkylation sites (tertiary alicyclic amines) is 1. The number of rotatable bonds is 4. The van der Waals surface area contributed by atoms with Gasteiger partial charge in [0.05, 0.1) is 18.6 Å². The van der Waals surface area contributed by atoms with E-state index in [9.17, 15) is 9.18 Å². The average Bonchev–Trinajstić information content (AvgIpc) is 3.34. The van der Waals surface area contributed by atoms with Crippen molar-refractivity contribution in [3.63, 3.8) is 0 Å². The van der Waals surface area contributed by atoms with E-state index in [1.165, 1.54) is 18.2 Å². The molecule has 0 saturated carbocycles. The Morgan fingerprint density at radius 2 is 2.40 bits per heavy atom. The van der Waals surface area contributed by atoms with Crippen LogP contribution in [-0.4, -0.2) is 45.7 Å². The standard InChI is InChI=1S/C17H17FN4O3/c1-24-11-7-14(17-19-4-5-20-17)22(9-11)16(23)8-13-12-6-10(18)2-3-15(12)25-21-13/h2-6,11,14H,7-9H2,1H3,(H,19,20)/t11-,14?/m1/s1. The highest BCUT2D eigenvalue weighted by molar-refractivity contribution is 5.86. The third-order valence-electron chi connectivity index (χ3n) is 4.58. The number of fused-ring (bicyclic) bond motifs is 1. The normalized spacial score (nSPS) is 20.5. The van der Waals surface area contributed by atoms with Crippen molar-refractivity contribution < 1.29 is 18.4 Å². The molecular weight excluding hydrogens is 327 g/mol. The molecule has 1 aromatic carbocycles. The van der Waals surface area contributed by atoms with E-state index < -0.39 is 5.82 Å². The number of hydrogen-bond donors (Lipinski definition) is 1. The van der Waals surface area contributed by atoms with Crippen LogP contribution in [0.25, 0.3) is 11.0 Å². The first-order valence-electron chi connectivity index (χ1n) is 8.01. The highest BCUT2D eigenvalue weighted by atomic mass is 19.1. The smallest absolute Gasteiger partial charge is 0.229 e. The van der Waals surface area contributed by atoms with E-state index in [1.807, 2.05) is 0 Å². The van der Waals surface area contributed by atoms with Gasteiger partial charge in [0.1, 0.15) is 17.3 Å². The number of aromatic nitrogens is 3. The molecule has 1 unspecified atom stereocenters. The molecule has 3 aromatic rings. The van der Waals surface area contributed by atoms with Crippen molar-refractivity contribution in [3.05, 3.63) is 47.9 Å². The summed E-state index contributed by atoms with van der Waals surface area (Å²) in [6.07, 6.45) is 4.04. The van der Waals surface area contributed by atoms with Gasteiger partial charge in [-0.15, -0.1) is 0 Å². The second kappa shape index (κ2) is 6.29. The number of methoxy groups -OCH3 is 1. The van der Waals surface area contributed by atoms with Gasteiger partial charge < -0.3 is 19.1 Å². The predicted molar refractivity (Wildman–Crippen MR) is 86.1 cm³/mol. The van der Waals surface area contributed by atoms with Crippen molar-refractivity contribution in [2.75, 3.05) is 13.7 Å². The molecule has 7 nitrogen and oxygen atoms in total. The Bertz CT molecular complexity index is 893. The van der Waals surface area contributed by atoms with E-state index in [1.54, 1.807) is 24.4 Å². The first kappa shape index (κ1) is 15.8. The molecule has 2 aromatic heterocycles. The average molecular weight is 344 g/mol. The summed E-state index contributed by atoms with van der Waals surface area (Å²) in [5.41, 5.74) is 0.890. The van der Waals surface area contributed by atoms with Gasteiger partial charge in [-0.2, -0.15) is 0 Å². The van der Waals surface area contributed by atoms with Crippen LogP contribution in [-0.2, 0) is 16.0 Å². The second-order valence-corrected chi connectivity index (χ2v) is 6.08. The van der Waals surface area contributed by atoms with E-state index in [0.717, 1.165) is 5.82 Å². The van der Waals surface area contributed by atoms with Crippen LogP contribution >= 0.6 is 0 Å². The molecule has 0 bridgehead atoms. The predicted octanol–water partition coefficient (Wildman–Crippen LogP) is 2.22. The number of nitrogens with zero attached hydrogens (tertiary/aromatic N) is 3. The Hall–Kier alpha value is -2.74. The minimum absolute atomic E-state index is 0.0318. The molecule has 1 amide bonds. The minimum atomic E-state index is -0.390. The number of nitrogens with one attached hydrogen (secondary N) is 1. The molecule has 0 radical (unpaired) electrons. The molecule has 130 valence electrons. The fraction of sp³-hybridized carbons (Fsp3) is 0.353. The zero-order chi connectivity index (χ0) is 17.4. The second-order valence-electron chi connectivity index (χ2n) is 6.08. The van der Waals surface area contributed by atoms with Crippen molar-refractivity contribution in [3.8, 4) is 0 Å². The van der Waals surface area contributed by atoms with E-state index in [2.05, 4.69) is 15.1 Å². The lowest BCUT2D eigenvalue weighted by molar-refractivity contribution is -0.132. The third kappa shape index (κ3) is 2.89. The first-order valence-corrected chi connectivity index (χ1v) is 8.01. The Kier molecular flexibility index (Phi) is 3.96. The molecule has 1 aliphatic rings. The number of carbonyl (C=O) groups excluding carboxylic acids is 1. The Balaban J connectivity index is 1.59. The number of H-pyrrole nitrogens is 1. The number of imidazole rings is 1. The lowest BCUT2D eigenvalue weighted by atomic mass is 10.1. The fourth-order valence-electron chi connectivity index (χ4n) is 3.30. The Labute approximate surface area is 142 Å². The monoisotopic (exact) mass is 344 g/mol. The van der Waals surface area contributed by atoms with Gasteiger partial charge in [-0.1, -0.05) is 5.16 Å². The van der Waals surface area contributed by atoms with Crippen LogP contribution in [0.2, 0.25) is 0 Å². The maximum Gasteiger partial charge on any atom is 0.229 e. The van der Waals surface area contributed by atoms with E-state index in [4.69, 9.17) is 9.26 Å². The van der Waals surface area contributed by atoms with E-state index >= 15 is 0 Å². The van der Waals surface area contributed by atoms with Gasteiger partial charge in [0.25, 0.3) is 0 Å². The number of carbonyl (C=O) groups is 1. The summed E-state index contributed by atoms with van der Waals surface area (Å²) in [7, 11) is 1.63. The largest absolute Gasteiger partial charge is 0.380 e. The van der Waals surface area contributed by atoms with Crippen molar-refractivity contribution >= 4 is 16.9 Å². The molecule has 0 spiro atoms. The van der Waals surface area contributed by atoms with Crippen molar-refractivity contribution in [2.45, 2.75) is 25.0 Å². The van der Waals surface area contributed by atoms with Crippen LogP contribution in [0.4, 0.5) is 4.39 Å². The zero-order valence-corrected chi connectivity index (χ0v) is 13.6.